The van der Waals surface area contributed by atoms with Gasteiger partial charge in [-0.1, -0.05) is 13.8 Å². The van der Waals surface area contributed by atoms with E-state index in [1.165, 1.54) is 17.6 Å². The molecule has 0 aliphatic rings. The van der Waals surface area contributed by atoms with E-state index in [4.69, 9.17) is 0 Å². The Bertz CT molecular complexity index is 438. The number of sulfone groups is 1. The normalized spacial score (nSPS) is 11.9. The van der Waals surface area contributed by atoms with Gasteiger partial charge in [-0.15, -0.1) is 11.3 Å². The molecule has 1 N–H and O–H groups in total. The van der Waals surface area contributed by atoms with Crippen LogP contribution in [0.4, 0.5) is 0 Å². The molecule has 0 spiro atoms. The van der Waals surface area contributed by atoms with Crippen LogP contribution in [0.15, 0.2) is 0 Å². The highest BCUT2D eigenvalue weighted by Gasteiger charge is 2.13. The van der Waals surface area contributed by atoms with E-state index in [1.807, 2.05) is 13.8 Å². The van der Waals surface area contributed by atoms with E-state index in [2.05, 4.69) is 10.3 Å². The van der Waals surface area contributed by atoms with Crippen LogP contribution in [0.2, 0.25) is 0 Å². The third-order valence-corrected chi connectivity index (χ3v) is 4.16. The zero-order valence-corrected chi connectivity index (χ0v) is 11.5. The summed E-state index contributed by atoms with van der Waals surface area (Å²) in [5.74, 6) is 0.0524. The van der Waals surface area contributed by atoms with Gasteiger partial charge in [0, 0.05) is 17.7 Å². The first kappa shape index (κ1) is 13.6. The molecule has 0 saturated carbocycles. The van der Waals surface area contributed by atoms with Crippen LogP contribution < -0.4 is 5.32 Å². The van der Waals surface area contributed by atoms with E-state index in [9.17, 15) is 8.42 Å². The van der Waals surface area contributed by atoms with Crippen LogP contribution in [0.25, 0.3) is 0 Å². The first-order valence-electron chi connectivity index (χ1n) is 5.32. The molecule has 4 nitrogen and oxygen atoms in total. The van der Waals surface area contributed by atoms with Gasteiger partial charge in [-0.3, -0.25) is 0 Å². The van der Waals surface area contributed by atoms with Crippen molar-refractivity contribution in [2.24, 2.45) is 0 Å². The number of thiazole rings is 1. The third-order valence-electron chi connectivity index (χ3n) is 2.08. The van der Waals surface area contributed by atoms with E-state index in [1.54, 1.807) is 0 Å². The van der Waals surface area contributed by atoms with Crippen molar-refractivity contribution >= 4 is 21.2 Å². The quantitative estimate of drug-likeness (QED) is 0.841. The molecule has 0 atom stereocenters. The van der Waals surface area contributed by atoms with Crippen LogP contribution in [0.5, 0.6) is 0 Å². The Morgan fingerprint density at radius 1 is 1.38 bits per heavy atom. The van der Waals surface area contributed by atoms with E-state index < -0.39 is 9.84 Å². The molecular formula is C10H18N2O2S2. The number of nitrogens with one attached hydrogen (secondary N) is 1. The number of nitrogens with zero attached hydrogens (tertiary/aromatic N) is 1. The summed E-state index contributed by atoms with van der Waals surface area (Å²) in [7, 11) is -2.98. The summed E-state index contributed by atoms with van der Waals surface area (Å²) in [5.41, 5.74) is 1.02. The van der Waals surface area contributed by atoms with Gasteiger partial charge in [0.2, 0.25) is 0 Å². The van der Waals surface area contributed by atoms with Crippen LogP contribution in [0, 0.1) is 0 Å². The number of rotatable bonds is 6. The molecule has 0 fully saturated rings. The summed E-state index contributed by atoms with van der Waals surface area (Å²) in [6.45, 7) is 5.77. The lowest BCUT2D eigenvalue weighted by atomic mass is 10.3. The maximum atomic E-state index is 11.2. The minimum Gasteiger partial charge on any atom is -0.312 e. The van der Waals surface area contributed by atoms with Crippen LogP contribution in [-0.4, -0.2) is 26.2 Å². The Kier molecular flexibility index (Phi) is 4.89. The van der Waals surface area contributed by atoms with Crippen molar-refractivity contribution in [2.45, 2.75) is 32.6 Å². The molecule has 6 heteroatoms. The Balaban J connectivity index is 2.85. The molecule has 92 valence electrons. The number of hydrogen-bond donors (Lipinski definition) is 1. The molecule has 1 heterocycles. The zero-order valence-electron chi connectivity index (χ0n) is 9.91. The van der Waals surface area contributed by atoms with Crippen LogP contribution >= 0.6 is 11.3 Å². The molecule has 0 unspecified atom stereocenters. The summed E-state index contributed by atoms with van der Waals surface area (Å²) in [6.07, 6.45) is 2.09. The molecule has 0 bridgehead atoms. The second kappa shape index (κ2) is 5.75. The molecule has 0 radical (unpaired) electrons. The minimum absolute atomic E-state index is 0.0524. The van der Waals surface area contributed by atoms with Crippen molar-refractivity contribution in [3.8, 4) is 0 Å². The third kappa shape index (κ3) is 4.19. The molecular weight excluding hydrogens is 244 g/mol. The molecule has 0 aromatic carbocycles. The fourth-order valence-corrected chi connectivity index (χ4v) is 3.69. The van der Waals surface area contributed by atoms with Gasteiger partial charge < -0.3 is 5.32 Å². The van der Waals surface area contributed by atoms with Gasteiger partial charge in [-0.25, -0.2) is 13.4 Å². The maximum Gasteiger partial charge on any atom is 0.153 e. The van der Waals surface area contributed by atoms with E-state index >= 15 is 0 Å². The average Bonchev–Trinajstić information content (AvgIpc) is 2.54. The number of hydrogen-bond acceptors (Lipinski definition) is 5. The lowest BCUT2D eigenvalue weighted by molar-refractivity contribution is 0.601. The van der Waals surface area contributed by atoms with Crippen LogP contribution in [0.1, 0.15) is 29.4 Å². The van der Waals surface area contributed by atoms with Crippen molar-refractivity contribution in [3.05, 3.63) is 15.6 Å². The summed E-state index contributed by atoms with van der Waals surface area (Å²) >= 11 is 1.50. The molecule has 1 aromatic rings. The topological polar surface area (TPSA) is 59.1 Å². The largest absolute Gasteiger partial charge is 0.312 e. The zero-order chi connectivity index (χ0) is 12.2. The van der Waals surface area contributed by atoms with E-state index in [0.29, 0.717) is 5.01 Å². The summed E-state index contributed by atoms with van der Waals surface area (Å²) in [4.78, 5) is 5.52. The SMILES string of the molecule is CCNCc1sc(CS(C)(=O)=O)nc1CC. The van der Waals surface area contributed by atoms with E-state index in [-0.39, 0.29) is 5.75 Å². The van der Waals surface area contributed by atoms with Gasteiger partial charge in [0.15, 0.2) is 9.84 Å². The number of aryl methyl sites for hydroxylation is 1. The molecule has 1 rings (SSSR count). The predicted molar refractivity (Wildman–Crippen MR) is 67.4 cm³/mol. The smallest absolute Gasteiger partial charge is 0.153 e. The molecule has 0 aliphatic carbocycles. The average molecular weight is 262 g/mol. The summed E-state index contributed by atoms with van der Waals surface area (Å²) in [6, 6.07) is 0. The maximum absolute atomic E-state index is 11.2. The fraction of sp³-hybridized carbons (Fsp3) is 0.700. The first-order valence-corrected chi connectivity index (χ1v) is 8.19. The Labute approximate surface area is 101 Å². The lowest BCUT2D eigenvalue weighted by Crippen LogP contribution is -2.11. The second-order valence-corrected chi connectivity index (χ2v) is 6.99. The van der Waals surface area contributed by atoms with Crippen LogP contribution in [0.3, 0.4) is 0 Å². The Morgan fingerprint density at radius 3 is 2.56 bits per heavy atom. The van der Waals surface area contributed by atoms with E-state index in [0.717, 1.165) is 30.1 Å². The van der Waals surface area contributed by atoms with Gasteiger partial charge in [-0.2, -0.15) is 0 Å². The summed E-state index contributed by atoms with van der Waals surface area (Å²) in [5, 5.41) is 3.94. The predicted octanol–water partition coefficient (Wildman–Crippen LogP) is 1.36. The van der Waals surface area contributed by atoms with Gasteiger partial charge in [-0.05, 0) is 13.0 Å². The van der Waals surface area contributed by atoms with Crippen molar-refractivity contribution in [3.63, 3.8) is 0 Å². The van der Waals surface area contributed by atoms with Crippen LogP contribution in [-0.2, 0) is 28.6 Å². The summed E-state index contributed by atoms with van der Waals surface area (Å²) < 4.78 is 22.3. The highest BCUT2D eigenvalue weighted by Crippen LogP contribution is 2.20. The minimum atomic E-state index is -2.98. The monoisotopic (exact) mass is 262 g/mol. The van der Waals surface area contributed by atoms with Gasteiger partial charge in [0.1, 0.15) is 10.8 Å². The van der Waals surface area contributed by atoms with Crippen molar-refractivity contribution in [1.82, 2.24) is 10.3 Å². The first-order chi connectivity index (χ1) is 7.46. The lowest BCUT2D eigenvalue weighted by Gasteiger charge is -1.99. The molecule has 1 aromatic heterocycles. The second-order valence-electron chi connectivity index (χ2n) is 3.68. The van der Waals surface area contributed by atoms with Gasteiger partial charge in [0.05, 0.1) is 5.69 Å². The molecule has 0 aliphatic heterocycles. The molecule has 0 amide bonds. The fourth-order valence-electron chi connectivity index (χ4n) is 1.38. The van der Waals surface area contributed by atoms with Crippen molar-refractivity contribution in [1.29, 1.82) is 0 Å². The Hall–Kier alpha value is -0.460. The van der Waals surface area contributed by atoms with Crippen molar-refractivity contribution < 1.29 is 8.42 Å². The standard InChI is InChI=1S/C10H18N2O2S2/c1-4-8-9(6-11-5-2)15-10(12-8)7-16(3,13)14/h11H,4-7H2,1-3H3. The molecule has 0 saturated heterocycles. The highest BCUT2D eigenvalue weighted by atomic mass is 32.2. The van der Waals surface area contributed by atoms with Crippen molar-refractivity contribution in [2.75, 3.05) is 12.8 Å². The molecule has 16 heavy (non-hydrogen) atoms. The van der Waals surface area contributed by atoms with Gasteiger partial charge >= 0.3 is 0 Å². The number of aromatic nitrogens is 1. The highest BCUT2D eigenvalue weighted by molar-refractivity contribution is 7.90. The Morgan fingerprint density at radius 2 is 2.06 bits per heavy atom. The van der Waals surface area contributed by atoms with Gasteiger partial charge in [0.25, 0.3) is 0 Å².